The Bertz CT molecular complexity index is 1440. The summed E-state index contributed by atoms with van der Waals surface area (Å²) in [4.78, 5) is 21.8. The van der Waals surface area contributed by atoms with Crippen LogP contribution in [-0.2, 0) is 0 Å². The van der Waals surface area contributed by atoms with Gasteiger partial charge in [0.05, 0.1) is 22.8 Å². The first-order valence-electron chi connectivity index (χ1n) is 10.0. The second-order valence-corrected chi connectivity index (χ2v) is 7.56. The largest absolute Gasteiger partial charge is 0.368 e. The number of fused-ring (bicyclic) bond motifs is 1. The zero-order chi connectivity index (χ0) is 23.0. The van der Waals surface area contributed by atoms with Crippen LogP contribution >= 0.6 is 0 Å². The first kappa shape index (κ1) is 21.0. The van der Waals surface area contributed by atoms with Crippen molar-refractivity contribution in [2.24, 2.45) is 0 Å². The van der Waals surface area contributed by atoms with Gasteiger partial charge in [-0.2, -0.15) is 10.2 Å². The molecular weight excluding hydrogens is 407 g/mol. The first-order valence-corrected chi connectivity index (χ1v) is 10.0. The van der Waals surface area contributed by atoms with Gasteiger partial charge in [-0.05, 0) is 49.6 Å². The Labute approximate surface area is 184 Å². The van der Waals surface area contributed by atoms with E-state index in [-0.39, 0.29) is 17.1 Å². The molecule has 7 nitrogen and oxygen atoms in total. The van der Waals surface area contributed by atoms with Crippen molar-refractivity contribution >= 4 is 17.3 Å². The second-order valence-electron chi connectivity index (χ2n) is 7.56. The molecule has 3 N–H and O–H groups in total. The highest BCUT2D eigenvalue weighted by Gasteiger charge is 2.23. The molecule has 32 heavy (non-hydrogen) atoms. The van der Waals surface area contributed by atoms with E-state index in [1.165, 1.54) is 16.7 Å². The molecular formula is C24H21FN6O. The second kappa shape index (κ2) is 8.12. The summed E-state index contributed by atoms with van der Waals surface area (Å²) in [5, 5.41) is 12.8. The van der Waals surface area contributed by atoms with Gasteiger partial charge < -0.3 is 11.1 Å². The number of aromatic nitrogens is 3. The minimum atomic E-state index is -0.498. The number of nitrogens with zero attached hydrogens (tertiary/aromatic N) is 4. The monoisotopic (exact) mass is 428 g/mol. The van der Waals surface area contributed by atoms with Gasteiger partial charge in [-0.15, -0.1) is 0 Å². The average molecular weight is 428 g/mol. The molecule has 0 bridgehead atoms. The van der Waals surface area contributed by atoms with Gasteiger partial charge in [-0.25, -0.2) is 9.37 Å². The van der Waals surface area contributed by atoms with E-state index in [0.29, 0.717) is 28.2 Å². The average Bonchev–Trinajstić information content (AvgIpc) is 2.76. The number of pyridine rings is 2. The topological polar surface area (TPSA) is 109 Å². The van der Waals surface area contributed by atoms with E-state index in [1.807, 2.05) is 44.2 Å². The Hall–Kier alpha value is -4.25. The van der Waals surface area contributed by atoms with E-state index in [9.17, 15) is 14.4 Å². The van der Waals surface area contributed by atoms with Gasteiger partial charge in [0.25, 0.3) is 5.56 Å². The number of aryl methyl sites for hydroxylation is 2. The molecule has 0 unspecified atom stereocenters. The molecule has 0 saturated carbocycles. The number of hydrogen-bond donors (Lipinski definition) is 2. The summed E-state index contributed by atoms with van der Waals surface area (Å²) >= 11 is 0. The zero-order valence-electron chi connectivity index (χ0n) is 17.8. The third kappa shape index (κ3) is 3.54. The molecule has 4 rings (SSSR count). The van der Waals surface area contributed by atoms with Crippen LogP contribution < -0.4 is 16.6 Å². The molecule has 0 spiro atoms. The lowest BCUT2D eigenvalue weighted by Gasteiger charge is -2.23. The van der Waals surface area contributed by atoms with Gasteiger partial charge in [0.2, 0.25) is 5.95 Å². The van der Waals surface area contributed by atoms with E-state index >= 15 is 0 Å². The van der Waals surface area contributed by atoms with E-state index in [0.717, 1.165) is 11.1 Å². The molecule has 8 heteroatoms. The Balaban J connectivity index is 1.98. The van der Waals surface area contributed by atoms with Crippen LogP contribution in [0.2, 0.25) is 0 Å². The molecule has 0 amide bonds. The molecule has 0 radical (unpaired) electrons. The maximum Gasteiger partial charge on any atom is 0.263 e. The highest BCUT2D eigenvalue weighted by molar-refractivity contribution is 5.74. The maximum atomic E-state index is 14.0. The zero-order valence-corrected chi connectivity index (χ0v) is 17.8. The lowest BCUT2D eigenvalue weighted by atomic mass is 9.92. The Kier molecular flexibility index (Phi) is 5.33. The van der Waals surface area contributed by atoms with Crippen LogP contribution in [0.15, 0.2) is 53.5 Å². The summed E-state index contributed by atoms with van der Waals surface area (Å²) in [6.45, 7) is 5.45. The van der Waals surface area contributed by atoms with Crippen molar-refractivity contribution in [1.29, 1.82) is 5.26 Å². The van der Waals surface area contributed by atoms with Crippen molar-refractivity contribution in [2.75, 3.05) is 11.1 Å². The van der Waals surface area contributed by atoms with Crippen LogP contribution in [0, 0.1) is 31.0 Å². The Morgan fingerprint density at radius 3 is 2.56 bits per heavy atom. The van der Waals surface area contributed by atoms with Gasteiger partial charge in [0.15, 0.2) is 0 Å². The standard InChI is InChI=1S/C24H21FN6O/c1-13-19-10-9-17(25)12-31(19)23(32)21(16-7-5-4-6-8-16)20(13)15(3)28-22-18(11-26)14(2)29-24(27)30-22/h4-10,12,15H,1-3H3,(H3,27,28,29,30)/t15-/m0/s1. The fourth-order valence-electron chi connectivity index (χ4n) is 4.04. The lowest BCUT2D eigenvalue weighted by Crippen LogP contribution is -2.23. The van der Waals surface area contributed by atoms with E-state index in [4.69, 9.17) is 5.73 Å². The van der Waals surface area contributed by atoms with Crippen LogP contribution in [0.1, 0.15) is 35.3 Å². The molecule has 0 saturated heterocycles. The number of rotatable bonds is 4. The number of halogens is 1. The van der Waals surface area contributed by atoms with Crippen LogP contribution in [0.5, 0.6) is 0 Å². The molecule has 0 aliphatic rings. The SMILES string of the molecule is Cc1nc(N)nc(N[C@@H](C)c2c(-c3ccccc3)c(=O)n3cc(F)ccc3c2C)c1C#N. The smallest absolute Gasteiger partial charge is 0.263 e. The maximum absolute atomic E-state index is 14.0. The number of nitrogens with two attached hydrogens (primary N) is 1. The number of hydrogen-bond acceptors (Lipinski definition) is 6. The van der Waals surface area contributed by atoms with E-state index in [2.05, 4.69) is 21.4 Å². The first-order chi connectivity index (χ1) is 15.3. The summed E-state index contributed by atoms with van der Waals surface area (Å²) in [7, 11) is 0. The van der Waals surface area contributed by atoms with Crippen molar-refractivity contribution in [3.05, 3.63) is 87.2 Å². The molecule has 0 aliphatic carbocycles. The Morgan fingerprint density at radius 1 is 1.16 bits per heavy atom. The summed E-state index contributed by atoms with van der Waals surface area (Å²) in [6.07, 6.45) is 1.20. The molecule has 0 fully saturated rings. The van der Waals surface area contributed by atoms with Crippen molar-refractivity contribution < 1.29 is 4.39 Å². The molecule has 1 atom stereocenters. The number of nitrogen functional groups attached to an aromatic ring is 1. The third-order valence-electron chi connectivity index (χ3n) is 5.47. The summed E-state index contributed by atoms with van der Waals surface area (Å²) < 4.78 is 15.3. The quantitative estimate of drug-likeness (QED) is 0.506. The van der Waals surface area contributed by atoms with Gasteiger partial charge in [0.1, 0.15) is 23.3 Å². The fourth-order valence-corrected chi connectivity index (χ4v) is 4.04. The molecule has 160 valence electrons. The predicted molar refractivity (Wildman–Crippen MR) is 122 cm³/mol. The minimum Gasteiger partial charge on any atom is -0.368 e. The molecule has 4 aromatic rings. The van der Waals surface area contributed by atoms with Crippen molar-refractivity contribution in [3.8, 4) is 17.2 Å². The van der Waals surface area contributed by atoms with Gasteiger partial charge in [0, 0.05) is 6.20 Å². The van der Waals surface area contributed by atoms with E-state index in [1.54, 1.807) is 13.0 Å². The van der Waals surface area contributed by atoms with Crippen LogP contribution in [0.3, 0.4) is 0 Å². The fraction of sp³-hybridized carbons (Fsp3) is 0.167. The molecule has 3 aromatic heterocycles. The highest BCUT2D eigenvalue weighted by Crippen LogP contribution is 2.33. The van der Waals surface area contributed by atoms with Crippen molar-refractivity contribution in [3.63, 3.8) is 0 Å². The van der Waals surface area contributed by atoms with Crippen LogP contribution in [0.25, 0.3) is 16.6 Å². The number of anilines is 2. The van der Waals surface area contributed by atoms with E-state index < -0.39 is 11.9 Å². The van der Waals surface area contributed by atoms with Gasteiger partial charge >= 0.3 is 0 Å². The molecule has 1 aromatic carbocycles. The minimum absolute atomic E-state index is 0.0465. The molecule has 0 aliphatic heterocycles. The van der Waals surface area contributed by atoms with Gasteiger partial charge in [-0.3, -0.25) is 9.20 Å². The summed E-state index contributed by atoms with van der Waals surface area (Å²) in [5.74, 6) is -0.157. The highest BCUT2D eigenvalue weighted by atomic mass is 19.1. The van der Waals surface area contributed by atoms with Crippen molar-refractivity contribution in [2.45, 2.75) is 26.8 Å². The number of benzene rings is 1. The third-order valence-corrected chi connectivity index (χ3v) is 5.47. The van der Waals surface area contributed by atoms with Crippen LogP contribution in [-0.4, -0.2) is 14.4 Å². The Morgan fingerprint density at radius 2 is 1.88 bits per heavy atom. The lowest BCUT2D eigenvalue weighted by molar-refractivity contribution is 0.618. The predicted octanol–water partition coefficient (Wildman–Crippen LogP) is 4.14. The summed E-state index contributed by atoms with van der Waals surface area (Å²) in [5.41, 5.74) is 9.50. The number of nitriles is 1. The summed E-state index contributed by atoms with van der Waals surface area (Å²) in [6, 6.07) is 13.8. The normalized spacial score (nSPS) is 11.8. The molecule has 3 heterocycles. The van der Waals surface area contributed by atoms with Crippen LogP contribution in [0.4, 0.5) is 16.2 Å². The van der Waals surface area contributed by atoms with Gasteiger partial charge in [-0.1, -0.05) is 30.3 Å². The number of nitrogens with one attached hydrogen (secondary N) is 1. The van der Waals surface area contributed by atoms with Crippen molar-refractivity contribution in [1.82, 2.24) is 14.4 Å².